The van der Waals surface area contributed by atoms with Gasteiger partial charge in [0, 0.05) is 6.20 Å². The van der Waals surface area contributed by atoms with Crippen molar-refractivity contribution >= 4 is 11.7 Å². The highest BCUT2D eigenvalue weighted by molar-refractivity contribution is 5.88. The summed E-state index contributed by atoms with van der Waals surface area (Å²) in [7, 11) is 0. The van der Waals surface area contributed by atoms with E-state index in [1.54, 1.807) is 0 Å². The molecule has 68 valence electrons. The SMILES string of the molecule is C#CCONC(=O)Nc1cn[nH]c1. The van der Waals surface area contributed by atoms with Gasteiger partial charge in [-0.15, -0.1) is 6.42 Å². The maximum Gasteiger partial charge on any atom is 0.343 e. The number of rotatable bonds is 3. The van der Waals surface area contributed by atoms with Gasteiger partial charge >= 0.3 is 6.03 Å². The van der Waals surface area contributed by atoms with Crippen LogP contribution in [-0.2, 0) is 4.84 Å². The molecule has 13 heavy (non-hydrogen) atoms. The van der Waals surface area contributed by atoms with Crippen LogP contribution in [0.5, 0.6) is 0 Å². The number of terminal acetylenes is 1. The molecule has 1 aromatic heterocycles. The highest BCUT2D eigenvalue weighted by Crippen LogP contribution is 1.99. The average molecular weight is 180 g/mol. The highest BCUT2D eigenvalue weighted by atomic mass is 16.7. The van der Waals surface area contributed by atoms with Crippen LogP contribution in [0.3, 0.4) is 0 Å². The first-order valence-electron chi connectivity index (χ1n) is 3.44. The van der Waals surface area contributed by atoms with E-state index < -0.39 is 6.03 Å². The van der Waals surface area contributed by atoms with Gasteiger partial charge in [0.15, 0.2) is 0 Å². The van der Waals surface area contributed by atoms with Crippen LogP contribution in [0, 0.1) is 12.3 Å². The number of anilines is 1. The molecule has 1 heterocycles. The quantitative estimate of drug-likeness (QED) is 0.350. The summed E-state index contributed by atoms with van der Waals surface area (Å²) in [5.74, 6) is 2.20. The summed E-state index contributed by atoms with van der Waals surface area (Å²) in [5, 5.41) is 8.61. The number of nitrogens with zero attached hydrogens (tertiary/aromatic N) is 1. The zero-order chi connectivity index (χ0) is 9.52. The number of hydroxylamine groups is 1. The van der Waals surface area contributed by atoms with Gasteiger partial charge in [-0.05, 0) is 0 Å². The number of amides is 2. The van der Waals surface area contributed by atoms with E-state index in [1.807, 2.05) is 0 Å². The van der Waals surface area contributed by atoms with E-state index in [9.17, 15) is 4.79 Å². The lowest BCUT2D eigenvalue weighted by atomic mass is 10.6. The lowest BCUT2D eigenvalue weighted by molar-refractivity contribution is 0.0907. The minimum atomic E-state index is -0.503. The molecule has 0 aliphatic heterocycles. The van der Waals surface area contributed by atoms with Crippen molar-refractivity contribution in [2.75, 3.05) is 11.9 Å². The van der Waals surface area contributed by atoms with Crippen LogP contribution in [0.15, 0.2) is 12.4 Å². The molecule has 0 spiro atoms. The van der Waals surface area contributed by atoms with E-state index in [1.165, 1.54) is 12.4 Å². The second-order valence-electron chi connectivity index (χ2n) is 2.04. The van der Waals surface area contributed by atoms with E-state index in [0.717, 1.165) is 0 Å². The normalized spacial score (nSPS) is 8.85. The van der Waals surface area contributed by atoms with Crippen LogP contribution < -0.4 is 10.8 Å². The number of carbonyl (C=O) groups excluding carboxylic acids is 1. The van der Waals surface area contributed by atoms with E-state index in [-0.39, 0.29) is 6.61 Å². The molecule has 0 bridgehead atoms. The molecular formula is C7H8N4O2. The predicted octanol–water partition coefficient (Wildman–Crippen LogP) is 0.0960. The Bertz CT molecular complexity index is 301. The van der Waals surface area contributed by atoms with E-state index in [0.29, 0.717) is 5.69 Å². The van der Waals surface area contributed by atoms with Crippen LogP contribution in [0.1, 0.15) is 0 Å². The first kappa shape index (κ1) is 9.09. The number of hydrogen-bond donors (Lipinski definition) is 3. The molecular weight excluding hydrogens is 172 g/mol. The van der Waals surface area contributed by atoms with Crippen molar-refractivity contribution < 1.29 is 9.63 Å². The minimum absolute atomic E-state index is 0.0266. The maximum atomic E-state index is 10.9. The predicted molar refractivity (Wildman–Crippen MR) is 45.5 cm³/mol. The van der Waals surface area contributed by atoms with Gasteiger partial charge in [-0.25, -0.2) is 10.3 Å². The molecule has 0 aliphatic rings. The van der Waals surface area contributed by atoms with Gasteiger partial charge in [-0.2, -0.15) is 5.10 Å². The molecule has 6 heteroatoms. The molecule has 2 amide bonds. The fraction of sp³-hybridized carbons (Fsp3) is 0.143. The molecule has 0 atom stereocenters. The molecule has 0 aliphatic carbocycles. The van der Waals surface area contributed by atoms with Crippen LogP contribution in [-0.4, -0.2) is 22.8 Å². The van der Waals surface area contributed by atoms with Gasteiger partial charge in [0.2, 0.25) is 0 Å². The average Bonchev–Trinajstić information content (AvgIpc) is 2.57. The van der Waals surface area contributed by atoms with Crippen molar-refractivity contribution in [2.24, 2.45) is 0 Å². The Kier molecular flexibility index (Phi) is 3.35. The van der Waals surface area contributed by atoms with Crippen molar-refractivity contribution in [2.45, 2.75) is 0 Å². The third-order valence-electron chi connectivity index (χ3n) is 1.08. The molecule has 0 aromatic carbocycles. The van der Waals surface area contributed by atoms with Crippen LogP contribution in [0.2, 0.25) is 0 Å². The summed E-state index contributed by atoms with van der Waals surface area (Å²) in [5.41, 5.74) is 2.63. The fourth-order valence-corrected chi connectivity index (χ4v) is 0.619. The van der Waals surface area contributed by atoms with Crippen molar-refractivity contribution in [1.29, 1.82) is 0 Å². The van der Waals surface area contributed by atoms with Gasteiger partial charge in [-0.3, -0.25) is 9.94 Å². The van der Waals surface area contributed by atoms with Crippen molar-refractivity contribution in [3.05, 3.63) is 12.4 Å². The fourth-order valence-electron chi connectivity index (χ4n) is 0.619. The molecule has 0 unspecified atom stereocenters. The monoisotopic (exact) mass is 180 g/mol. The molecule has 3 N–H and O–H groups in total. The third kappa shape index (κ3) is 3.27. The summed E-state index contributed by atoms with van der Waals surface area (Å²) in [6.45, 7) is 0.0266. The minimum Gasteiger partial charge on any atom is -0.303 e. The zero-order valence-electron chi connectivity index (χ0n) is 6.70. The summed E-state index contributed by atoms with van der Waals surface area (Å²) >= 11 is 0. The van der Waals surface area contributed by atoms with Gasteiger partial charge in [0.25, 0.3) is 0 Å². The molecule has 0 radical (unpaired) electrons. The topological polar surface area (TPSA) is 79.0 Å². The Morgan fingerprint density at radius 1 is 1.85 bits per heavy atom. The van der Waals surface area contributed by atoms with Crippen LogP contribution in [0.4, 0.5) is 10.5 Å². The standard InChI is InChI=1S/C7H8N4O2/c1-2-3-13-11-7(12)10-6-4-8-9-5-6/h1,4-5H,3H2,(H,8,9)(H2,10,11,12). The number of aromatic amines is 1. The van der Waals surface area contributed by atoms with Crippen molar-refractivity contribution in [3.8, 4) is 12.3 Å². The van der Waals surface area contributed by atoms with Gasteiger partial charge in [-0.1, -0.05) is 5.92 Å². The largest absolute Gasteiger partial charge is 0.343 e. The van der Waals surface area contributed by atoms with Crippen LogP contribution >= 0.6 is 0 Å². The number of nitrogens with one attached hydrogen (secondary N) is 3. The van der Waals surface area contributed by atoms with Gasteiger partial charge < -0.3 is 5.32 Å². The summed E-state index contributed by atoms with van der Waals surface area (Å²) in [4.78, 5) is 15.5. The Labute approximate surface area is 74.6 Å². The smallest absolute Gasteiger partial charge is 0.303 e. The Morgan fingerprint density at radius 3 is 3.31 bits per heavy atom. The second kappa shape index (κ2) is 4.79. The van der Waals surface area contributed by atoms with Gasteiger partial charge in [0.1, 0.15) is 6.61 Å². The maximum absolute atomic E-state index is 10.9. The third-order valence-corrected chi connectivity index (χ3v) is 1.08. The van der Waals surface area contributed by atoms with Crippen molar-refractivity contribution in [1.82, 2.24) is 15.7 Å². The zero-order valence-corrected chi connectivity index (χ0v) is 6.70. The Hall–Kier alpha value is -2.00. The first-order valence-corrected chi connectivity index (χ1v) is 3.44. The first-order chi connectivity index (χ1) is 6.33. The number of H-pyrrole nitrogens is 1. The summed E-state index contributed by atoms with van der Waals surface area (Å²) < 4.78 is 0. The lowest BCUT2D eigenvalue weighted by Gasteiger charge is -2.02. The summed E-state index contributed by atoms with van der Waals surface area (Å²) in [6, 6.07) is -0.503. The Balaban J connectivity index is 2.23. The number of urea groups is 1. The Morgan fingerprint density at radius 2 is 2.69 bits per heavy atom. The molecule has 1 aromatic rings. The van der Waals surface area contributed by atoms with E-state index in [2.05, 4.69) is 31.8 Å². The van der Waals surface area contributed by atoms with E-state index >= 15 is 0 Å². The molecule has 0 saturated carbocycles. The molecule has 1 rings (SSSR count). The molecule has 6 nitrogen and oxygen atoms in total. The number of hydrogen-bond acceptors (Lipinski definition) is 3. The number of aromatic nitrogens is 2. The molecule has 0 saturated heterocycles. The highest BCUT2D eigenvalue weighted by Gasteiger charge is 2.00. The van der Waals surface area contributed by atoms with Crippen molar-refractivity contribution in [3.63, 3.8) is 0 Å². The van der Waals surface area contributed by atoms with Gasteiger partial charge in [0.05, 0.1) is 11.9 Å². The number of carbonyl (C=O) groups is 1. The van der Waals surface area contributed by atoms with Crippen LogP contribution in [0.25, 0.3) is 0 Å². The second-order valence-corrected chi connectivity index (χ2v) is 2.04. The summed E-state index contributed by atoms with van der Waals surface area (Å²) in [6.07, 6.45) is 7.88. The molecule has 0 fully saturated rings. The lowest BCUT2D eigenvalue weighted by Crippen LogP contribution is -2.28. The van der Waals surface area contributed by atoms with E-state index in [4.69, 9.17) is 6.42 Å².